The van der Waals surface area contributed by atoms with Gasteiger partial charge in [-0.05, 0) is 37.0 Å². The van der Waals surface area contributed by atoms with E-state index in [2.05, 4.69) is 5.32 Å². The summed E-state index contributed by atoms with van der Waals surface area (Å²) >= 11 is 0. The Kier molecular flexibility index (Phi) is 3.19. The zero-order valence-electron chi connectivity index (χ0n) is 10.3. The maximum Gasteiger partial charge on any atom is 0.231 e. The van der Waals surface area contributed by atoms with Crippen molar-refractivity contribution in [2.45, 2.75) is 31.7 Å². The molecule has 0 amide bonds. The van der Waals surface area contributed by atoms with Crippen LogP contribution in [0, 0.1) is 0 Å². The van der Waals surface area contributed by atoms with Gasteiger partial charge in [0.2, 0.25) is 6.79 Å². The SMILES string of the molecule is O=C(CCc1ccc2c(c1)OCO2)CNC1CC1. The zero-order chi connectivity index (χ0) is 12.4. The summed E-state index contributed by atoms with van der Waals surface area (Å²) in [5.41, 5.74) is 1.12. The number of hydrogen-bond acceptors (Lipinski definition) is 4. The van der Waals surface area contributed by atoms with E-state index in [1.165, 1.54) is 12.8 Å². The maximum atomic E-state index is 11.7. The lowest BCUT2D eigenvalue weighted by atomic mass is 10.1. The Morgan fingerprint density at radius 2 is 2.11 bits per heavy atom. The molecule has 0 atom stereocenters. The van der Waals surface area contributed by atoms with Crippen molar-refractivity contribution in [3.8, 4) is 11.5 Å². The second-order valence-electron chi connectivity index (χ2n) is 4.88. The van der Waals surface area contributed by atoms with Crippen LogP contribution in [-0.2, 0) is 11.2 Å². The van der Waals surface area contributed by atoms with E-state index in [9.17, 15) is 4.79 Å². The maximum absolute atomic E-state index is 11.7. The van der Waals surface area contributed by atoms with Gasteiger partial charge in [0.1, 0.15) is 5.78 Å². The van der Waals surface area contributed by atoms with Crippen molar-refractivity contribution in [3.05, 3.63) is 23.8 Å². The highest BCUT2D eigenvalue weighted by Crippen LogP contribution is 2.32. The van der Waals surface area contributed by atoms with Gasteiger partial charge in [-0.25, -0.2) is 0 Å². The van der Waals surface area contributed by atoms with Gasteiger partial charge in [-0.3, -0.25) is 4.79 Å². The fourth-order valence-electron chi connectivity index (χ4n) is 2.01. The first kappa shape index (κ1) is 11.5. The van der Waals surface area contributed by atoms with Gasteiger partial charge in [-0.1, -0.05) is 6.07 Å². The first-order chi connectivity index (χ1) is 8.81. The molecule has 1 aliphatic carbocycles. The van der Waals surface area contributed by atoms with Crippen LogP contribution in [0.15, 0.2) is 18.2 Å². The molecular formula is C14H17NO3. The molecule has 1 saturated carbocycles. The Bertz CT molecular complexity index is 454. The predicted molar refractivity (Wildman–Crippen MR) is 66.9 cm³/mol. The topological polar surface area (TPSA) is 47.6 Å². The lowest BCUT2D eigenvalue weighted by Crippen LogP contribution is -2.24. The summed E-state index contributed by atoms with van der Waals surface area (Å²) < 4.78 is 10.6. The molecule has 1 aromatic rings. The summed E-state index contributed by atoms with van der Waals surface area (Å²) in [5.74, 6) is 1.86. The highest BCUT2D eigenvalue weighted by Gasteiger charge is 2.21. The molecule has 1 N–H and O–H groups in total. The third kappa shape index (κ3) is 2.82. The molecule has 1 aliphatic heterocycles. The van der Waals surface area contributed by atoms with Gasteiger partial charge in [0.15, 0.2) is 11.5 Å². The Hall–Kier alpha value is -1.55. The monoisotopic (exact) mass is 247 g/mol. The molecular weight excluding hydrogens is 230 g/mol. The number of benzene rings is 1. The first-order valence-electron chi connectivity index (χ1n) is 6.45. The summed E-state index contributed by atoms with van der Waals surface area (Å²) in [6.07, 6.45) is 3.78. The Balaban J connectivity index is 1.48. The first-order valence-corrected chi connectivity index (χ1v) is 6.45. The smallest absolute Gasteiger partial charge is 0.231 e. The normalized spacial score (nSPS) is 16.9. The summed E-state index contributed by atoms with van der Waals surface area (Å²) in [6, 6.07) is 6.46. The molecule has 1 aromatic carbocycles. The zero-order valence-corrected chi connectivity index (χ0v) is 10.3. The number of ether oxygens (including phenoxy) is 2. The summed E-state index contributed by atoms with van der Waals surface area (Å²) in [6.45, 7) is 0.804. The minimum Gasteiger partial charge on any atom is -0.454 e. The van der Waals surface area contributed by atoms with Crippen LogP contribution in [0.2, 0.25) is 0 Å². The second-order valence-corrected chi connectivity index (χ2v) is 4.88. The van der Waals surface area contributed by atoms with E-state index in [0.717, 1.165) is 23.5 Å². The highest BCUT2D eigenvalue weighted by atomic mass is 16.7. The van der Waals surface area contributed by atoms with Crippen LogP contribution in [0.1, 0.15) is 24.8 Å². The molecule has 0 aromatic heterocycles. The van der Waals surface area contributed by atoms with Crippen LogP contribution in [0.25, 0.3) is 0 Å². The van der Waals surface area contributed by atoms with Crippen LogP contribution in [0.3, 0.4) is 0 Å². The Labute approximate surface area is 106 Å². The largest absolute Gasteiger partial charge is 0.454 e. The number of nitrogens with one attached hydrogen (secondary N) is 1. The molecule has 4 nitrogen and oxygen atoms in total. The van der Waals surface area contributed by atoms with Crippen molar-refractivity contribution in [2.75, 3.05) is 13.3 Å². The van der Waals surface area contributed by atoms with Crippen LogP contribution >= 0.6 is 0 Å². The number of ketones is 1. The van der Waals surface area contributed by atoms with Gasteiger partial charge in [0.05, 0.1) is 6.54 Å². The predicted octanol–water partition coefficient (Wildman–Crippen LogP) is 1.67. The molecule has 0 unspecified atom stereocenters. The highest BCUT2D eigenvalue weighted by molar-refractivity contribution is 5.80. The third-order valence-corrected chi connectivity index (χ3v) is 3.29. The van der Waals surface area contributed by atoms with Crippen LogP contribution in [0.5, 0.6) is 11.5 Å². The molecule has 0 bridgehead atoms. The molecule has 0 spiro atoms. The third-order valence-electron chi connectivity index (χ3n) is 3.29. The van der Waals surface area contributed by atoms with Crippen molar-refractivity contribution in [2.24, 2.45) is 0 Å². The minimum absolute atomic E-state index is 0.277. The van der Waals surface area contributed by atoms with Gasteiger partial charge in [-0.2, -0.15) is 0 Å². The summed E-state index contributed by atoms with van der Waals surface area (Å²) in [4.78, 5) is 11.7. The van der Waals surface area contributed by atoms with Gasteiger partial charge >= 0.3 is 0 Å². The number of Topliss-reactive ketones (excluding diaryl/α,β-unsaturated/α-hetero) is 1. The van der Waals surface area contributed by atoms with Crippen molar-refractivity contribution < 1.29 is 14.3 Å². The number of hydrogen-bond donors (Lipinski definition) is 1. The Morgan fingerprint density at radius 1 is 1.28 bits per heavy atom. The number of carbonyl (C=O) groups excluding carboxylic acids is 1. The van der Waals surface area contributed by atoms with Crippen LogP contribution in [-0.4, -0.2) is 25.2 Å². The van der Waals surface area contributed by atoms with Gasteiger partial charge in [0, 0.05) is 12.5 Å². The summed E-state index contributed by atoms with van der Waals surface area (Å²) in [7, 11) is 0. The number of rotatable bonds is 6. The molecule has 0 saturated heterocycles. The average molecular weight is 247 g/mol. The minimum atomic E-state index is 0.277. The van der Waals surface area contributed by atoms with Gasteiger partial charge in [0.25, 0.3) is 0 Å². The number of aryl methyl sites for hydroxylation is 1. The van der Waals surface area contributed by atoms with Crippen molar-refractivity contribution in [3.63, 3.8) is 0 Å². The lowest BCUT2D eigenvalue weighted by molar-refractivity contribution is -0.118. The van der Waals surface area contributed by atoms with E-state index in [1.807, 2.05) is 18.2 Å². The van der Waals surface area contributed by atoms with Crippen molar-refractivity contribution in [1.82, 2.24) is 5.32 Å². The number of carbonyl (C=O) groups is 1. The van der Waals surface area contributed by atoms with Crippen LogP contribution in [0.4, 0.5) is 0 Å². The molecule has 1 fully saturated rings. The summed E-state index contributed by atoms with van der Waals surface area (Å²) in [5, 5.41) is 3.24. The molecule has 4 heteroatoms. The van der Waals surface area contributed by atoms with Crippen molar-refractivity contribution >= 4 is 5.78 Å². The molecule has 3 rings (SSSR count). The lowest BCUT2D eigenvalue weighted by Gasteiger charge is -2.04. The standard InChI is InChI=1S/C14H17NO3/c16-12(8-15-11-3-4-11)5-1-10-2-6-13-14(7-10)18-9-17-13/h2,6-7,11,15H,1,3-5,8-9H2. The Morgan fingerprint density at radius 3 is 2.94 bits per heavy atom. The average Bonchev–Trinajstić information content (AvgIpc) is 3.10. The molecule has 18 heavy (non-hydrogen) atoms. The van der Waals surface area contributed by atoms with Gasteiger partial charge in [-0.15, -0.1) is 0 Å². The van der Waals surface area contributed by atoms with E-state index in [1.54, 1.807) is 0 Å². The van der Waals surface area contributed by atoms with E-state index in [0.29, 0.717) is 25.8 Å². The van der Waals surface area contributed by atoms with E-state index in [-0.39, 0.29) is 5.78 Å². The number of fused-ring (bicyclic) bond motifs is 1. The van der Waals surface area contributed by atoms with Crippen molar-refractivity contribution in [1.29, 1.82) is 0 Å². The van der Waals surface area contributed by atoms with E-state index in [4.69, 9.17) is 9.47 Å². The second kappa shape index (κ2) is 4.98. The van der Waals surface area contributed by atoms with E-state index >= 15 is 0 Å². The van der Waals surface area contributed by atoms with Gasteiger partial charge < -0.3 is 14.8 Å². The quantitative estimate of drug-likeness (QED) is 0.830. The fourth-order valence-corrected chi connectivity index (χ4v) is 2.01. The molecule has 96 valence electrons. The fraction of sp³-hybridized carbons (Fsp3) is 0.500. The molecule has 2 aliphatic rings. The molecule has 1 heterocycles. The van der Waals surface area contributed by atoms with E-state index < -0.39 is 0 Å². The van der Waals surface area contributed by atoms with Crippen LogP contribution < -0.4 is 14.8 Å². The molecule has 0 radical (unpaired) electrons.